The molecule has 0 aromatic heterocycles. The van der Waals surface area contributed by atoms with Gasteiger partial charge in [-0.3, -0.25) is 0 Å². The van der Waals surface area contributed by atoms with E-state index < -0.39 is 0 Å². The monoisotopic (exact) mass is 459 g/mol. The van der Waals surface area contributed by atoms with Crippen molar-refractivity contribution in [2.75, 3.05) is 0 Å². The molecule has 1 aromatic rings. The van der Waals surface area contributed by atoms with Crippen LogP contribution in [0.1, 0.15) is 70.9 Å². The molecular weight excluding hydrogens is 410 g/mol. The van der Waals surface area contributed by atoms with E-state index in [2.05, 4.69) is 89.7 Å². The van der Waals surface area contributed by atoms with E-state index in [1.54, 1.807) is 0 Å². The normalized spacial score (nSPS) is 17.6. The van der Waals surface area contributed by atoms with Crippen molar-refractivity contribution in [1.82, 2.24) is 5.32 Å². The van der Waals surface area contributed by atoms with Crippen molar-refractivity contribution in [3.8, 4) is 0 Å². The summed E-state index contributed by atoms with van der Waals surface area (Å²) in [5.74, 6) is 2.72. The zero-order valence-corrected chi connectivity index (χ0v) is 22.4. The molecule has 2 rings (SSSR count). The summed E-state index contributed by atoms with van der Waals surface area (Å²) in [5, 5.41) is 3.73. The molecule has 0 heterocycles. The summed E-state index contributed by atoms with van der Waals surface area (Å²) in [5.41, 5.74) is 6.62. The maximum atomic E-state index is 4.72. The molecule has 1 aromatic carbocycles. The molecule has 1 N–H and O–H groups in total. The van der Waals surface area contributed by atoms with Gasteiger partial charge in [-0.2, -0.15) is 0 Å². The molecule has 5 unspecified atom stereocenters. The van der Waals surface area contributed by atoms with Gasteiger partial charge in [0.1, 0.15) is 0 Å². The van der Waals surface area contributed by atoms with Crippen LogP contribution in [0.5, 0.6) is 0 Å². The fraction of sp³-hybridized carbons (Fsp3) is 0.515. The number of allylic oxidation sites excluding steroid dienone is 4. The number of benzene rings is 1. The van der Waals surface area contributed by atoms with E-state index in [1.165, 1.54) is 28.7 Å². The zero-order chi connectivity index (χ0) is 25.3. The molecule has 0 aliphatic heterocycles. The fourth-order valence-corrected chi connectivity index (χ4v) is 5.92. The van der Waals surface area contributed by atoms with Gasteiger partial charge in [-0.15, -0.1) is 13.2 Å². The molecule has 0 radical (unpaired) electrons. The predicted molar refractivity (Wildman–Crippen MR) is 152 cm³/mol. The van der Waals surface area contributed by atoms with E-state index in [9.17, 15) is 0 Å². The van der Waals surface area contributed by atoms with E-state index in [1.807, 2.05) is 6.08 Å². The number of rotatable bonds is 16. The minimum atomic E-state index is 0.240. The lowest BCUT2D eigenvalue weighted by molar-refractivity contribution is 0.186. The van der Waals surface area contributed by atoms with Gasteiger partial charge in [-0.25, -0.2) is 0 Å². The van der Waals surface area contributed by atoms with Crippen molar-refractivity contribution in [2.24, 2.45) is 29.6 Å². The van der Waals surface area contributed by atoms with Crippen LogP contribution in [0.25, 0.3) is 0 Å². The van der Waals surface area contributed by atoms with Gasteiger partial charge in [0.25, 0.3) is 0 Å². The molecular formula is C33H49N. The Morgan fingerprint density at radius 3 is 2.15 bits per heavy atom. The Balaban J connectivity index is 2.34. The molecule has 0 bridgehead atoms. The number of nitrogens with one attached hydrogen (secondary N) is 1. The average Bonchev–Trinajstić information content (AvgIpc) is 3.24. The molecule has 0 saturated carbocycles. The van der Waals surface area contributed by atoms with Crippen LogP contribution in [0.3, 0.4) is 0 Å². The molecule has 1 aliphatic carbocycles. The summed E-state index contributed by atoms with van der Waals surface area (Å²) in [6, 6.07) is 9.14. The molecule has 186 valence electrons. The first-order chi connectivity index (χ1) is 16.2. The summed E-state index contributed by atoms with van der Waals surface area (Å²) in [4.78, 5) is 0. The van der Waals surface area contributed by atoms with Crippen molar-refractivity contribution < 1.29 is 0 Å². The van der Waals surface area contributed by atoms with Crippen molar-refractivity contribution in [1.29, 1.82) is 0 Å². The number of hydrogen-bond acceptors (Lipinski definition) is 1. The maximum absolute atomic E-state index is 4.72. The van der Waals surface area contributed by atoms with Crippen LogP contribution in [0.15, 0.2) is 86.2 Å². The van der Waals surface area contributed by atoms with Crippen molar-refractivity contribution in [3.05, 3.63) is 97.3 Å². The standard InChI is InChI=1S/C33H49N/c1-10-13-19-31(25(7)16-11-2)32(27(9)24(6)12-3)20-26(8)33(34-23(4)5)30-21-28-17-14-15-18-29(28)22-30/h10-11,14-15,17-18,24,27,30-34H,1-2,4,7-8,12-13,16,19-22H2,3,5-6,9H3. The minimum absolute atomic E-state index is 0.240. The van der Waals surface area contributed by atoms with Crippen LogP contribution in [-0.4, -0.2) is 6.04 Å². The first-order valence-electron chi connectivity index (χ1n) is 13.3. The van der Waals surface area contributed by atoms with E-state index in [0.717, 1.165) is 44.2 Å². The van der Waals surface area contributed by atoms with Gasteiger partial charge in [0.05, 0.1) is 6.04 Å². The Kier molecular flexibility index (Phi) is 11.2. The second-order valence-electron chi connectivity index (χ2n) is 10.7. The third-order valence-electron chi connectivity index (χ3n) is 8.24. The Hall–Kier alpha value is -2.28. The highest BCUT2D eigenvalue weighted by molar-refractivity contribution is 5.34. The summed E-state index contributed by atoms with van der Waals surface area (Å²) in [7, 11) is 0. The van der Waals surface area contributed by atoms with Crippen LogP contribution < -0.4 is 5.32 Å². The minimum Gasteiger partial charge on any atom is -0.382 e. The summed E-state index contributed by atoms with van der Waals surface area (Å²) >= 11 is 0. The highest BCUT2D eigenvalue weighted by Crippen LogP contribution is 2.42. The predicted octanol–water partition coefficient (Wildman–Crippen LogP) is 8.85. The summed E-state index contributed by atoms with van der Waals surface area (Å²) in [6.07, 6.45) is 11.5. The first kappa shape index (κ1) is 28.0. The molecule has 0 spiro atoms. The van der Waals surface area contributed by atoms with Crippen LogP contribution in [0.2, 0.25) is 0 Å². The number of hydrogen-bond donors (Lipinski definition) is 1. The molecule has 0 saturated heterocycles. The van der Waals surface area contributed by atoms with Gasteiger partial charge in [0.2, 0.25) is 0 Å². The Morgan fingerprint density at radius 1 is 1.03 bits per heavy atom. The topological polar surface area (TPSA) is 12.0 Å². The second-order valence-corrected chi connectivity index (χ2v) is 10.7. The second kappa shape index (κ2) is 13.6. The van der Waals surface area contributed by atoms with Crippen molar-refractivity contribution >= 4 is 0 Å². The van der Waals surface area contributed by atoms with E-state index in [0.29, 0.717) is 29.6 Å². The van der Waals surface area contributed by atoms with Crippen LogP contribution in [0, 0.1) is 29.6 Å². The molecule has 0 fully saturated rings. The summed E-state index contributed by atoms with van der Waals surface area (Å²) in [6.45, 7) is 30.7. The third kappa shape index (κ3) is 7.36. The third-order valence-corrected chi connectivity index (χ3v) is 8.24. The lowest BCUT2D eigenvalue weighted by Gasteiger charge is -2.39. The van der Waals surface area contributed by atoms with E-state index >= 15 is 0 Å². The zero-order valence-electron chi connectivity index (χ0n) is 22.4. The lowest BCUT2D eigenvalue weighted by Crippen LogP contribution is -2.39. The molecule has 34 heavy (non-hydrogen) atoms. The smallest absolute Gasteiger partial charge is 0.0502 e. The Morgan fingerprint density at radius 2 is 1.65 bits per heavy atom. The molecule has 5 atom stereocenters. The molecule has 0 amide bonds. The Labute approximate surface area is 210 Å². The van der Waals surface area contributed by atoms with Crippen LogP contribution in [-0.2, 0) is 12.8 Å². The first-order valence-corrected chi connectivity index (χ1v) is 13.3. The number of fused-ring (bicyclic) bond motifs is 1. The van der Waals surface area contributed by atoms with Gasteiger partial charge >= 0.3 is 0 Å². The SMILES string of the molecule is C=CCCC(C(=C)CC=C)C(CC(=C)C(NC(=C)C)C1Cc2ccccc2C1)C(C)C(C)CC. The van der Waals surface area contributed by atoms with Crippen molar-refractivity contribution in [2.45, 2.75) is 78.7 Å². The quantitative estimate of drug-likeness (QED) is 0.243. The highest BCUT2D eigenvalue weighted by Gasteiger charge is 2.35. The highest BCUT2D eigenvalue weighted by atomic mass is 14.9. The van der Waals surface area contributed by atoms with Gasteiger partial charge < -0.3 is 5.32 Å². The molecule has 1 aliphatic rings. The van der Waals surface area contributed by atoms with Gasteiger partial charge in [0, 0.05) is 5.70 Å². The fourth-order valence-electron chi connectivity index (χ4n) is 5.92. The van der Waals surface area contributed by atoms with Gasteiger partial charge in [-0.1, -0.05) is 94.5 Å². The van der Waals surface area contributed by atoms with Crippen LogP contribution >= 0.6 is 0 Å². The molecule has 1 nitrogen and oxygen atoms in total. The van der Waals surface area contributed by atoms with E-state index in [-0.39, 0.29) is 6.04 Å². The largest absolute Gasteiger partial charge is 0.382 e. The van der Waals surface area contributed by atoms with Gasteiger partial charge in [-0.05, 0) is 86.2 Å². The average molecular weight is 460 g/mol. The lowest BCUT2D eigenvalue weighted by atomic mass is 9.68. The van der Waals surface area contributed by atoms with Crippen LogP contribution in [0.4, 0.5) is 0 Å². The molecule has 1 heteroatoms. The maximum Gasteiger partial charge on any atom is 0.0502 e. The Bertz CT molecular complexity index is 834. The van der Waals surface area contributed by atoms with E-state index in [4.69, 9.17) is 6.58 Å². The van der Waals surface area contributed by atoms with Gasteiger partial charge in [0.15, 0.2) is 0 Å². The van der Waals surface area contributed by atoms with Crippen molar-refractivity contribution in [3.63, 3.8) is 0 Å². The summed E-state index contributed by atoms with van der Waals surface area (Å²) < 4.78 is 0.